The van der Waals surface area contributed by atoms with Crippen LogP contribution in [0.1, 0.15) is 10.5 Å². The van der Waals surface area contributed by atoms with Crippen molar-refractivity contribution in [1.82, 2.24) is 10.3 Å². The maximum Gasteiger partial charge on any atom is 0.270 e. The van der Waals surface area contributed by atoms with Gasteiger partial charge in [-0.1, -0.05) is 18.2 Å². The maximum absolute atomic E-state index is 13.1. The first-order valence-electron chi connectivity index (χ1n) is 7.93. The normalized spacial score (nSPS) is 10.4. The highest BCUT2D eigenvalue weighted by Crippen LogP contribution is 2.31. The number of methoxy groups -OCH3 is 1. The summed E-state index contributed by atoms with van der Waals surface area (Å²) in [5, 5.41) is 5.14. The lowest BCUT2D eigenvalue weighted by atomic mass is 10.2. The first kappa shape index (κ1) is 17.9. The lowest BCUT2D eigenvalue weighted by Crippen LogP contribution is -2.28. The largest absolute Gasteiger partial charge is 0.496 e. The molecule has 0 bridgehead atoms. The van der Waals surface area contributed by atoms with E-state index in [1.165, 1.54) is 23.5 Å². The van der Waals surface area contributed by atoms with Gasteiger partial charge in [0.25, 0.3) is 5.91 Å². The smallest absolute Gasteiger partial charge is 0.270 e. The van der Waals surface area contributed by atoms with Gasteiger partial charge in [-0.2, -0.15) is 0 Å². The number of carbonyl (C=O) groups is 1. The number of thiazole rings is 1. The first-order valence-corrected chi connectivity index (χ1v) is 8.81. The minimum absolute atomic E-state index is 0.235. The molecule has 1 N–H and O–H groups in total. The zero-order valence-electron chi connectivity index (χ0n) is 14.1. The topological polar surface area (TPSA) is 60.5 Å². The third-order valence-corrected chi connectivity index (χ3v) is 4.40. The average molecular weight is 372 g/mol. The Morgan fingerprint density at radius 1 is 1.23 bits per heavy atom. The summed E-state index contributed by atoms with van der Waals surface area (Å²) in [5.74, 6) is 0.479. The number of carbonyl (C=O) groups excluding carboxylic acids is 1. The van der Waals surface area contributed by atoms with E-state index >= 15 is 0 Å². The number of hydrogen-bond acceptors (Lipinski definition) is 5. The Labute approximate surface area is 154 Å². The van der Waals surface area contributed by atoms with E-state index in [-0.39, 0.29) is 24.9 Å². The Morgan fingerprint density at radius 3 is 2.88 bits per heavy atom. The van der Waals surface area contributed by atoms with Crippen LogP contribution in [0, 0.1) is 5.82 Å². The molecule has 7 heteroatoms. The molecule has 1 aromatic heterocycles. The summed E-state index contributed by atoms with van der Waals surface area (Å²) in [7, 11) is 1.60. The third-order valence-electron chi connectivity index (χ3n) is 3.53. The monoisotopic (exact) mass is 372 g/mol. The number of nitrogens with zero attached hydrogens (tertiary/aromatic N) is 1. The van der Waals surface area contributed by atoms with Gasteiger partial charge >= 0.3 is 0 Å². The predicted molar refractivity (Wildman–Crippen MR) is 98.3 cm³/mol. The summed E-state index contributed by atoms with van der Waals surface area (Å²) < 4.78 is 23.8. The van der Waals surface area contributed by atoms with Crippen LogP contribution < -0.4 is 14.8 Å². The summed E-state index contributed by atoms with van der Waals surface area (Å²) in [4.78, 5) is 16.6. The van der Waals surface area contributed by atoms with E-state index in [1.54, 1.807) is 24.6 Å². The number of aromatic nitrogens is 1. The third kappa shape index (κ3) is 4.37. The molecule has 1 heterocycles. The van der Waals surface area contributed by atoms with Crippen molar-refractivity contribution in [3.8, 4) is 22.1 Å². The van der Waals surface area contributed by atoms with Crippen molar-refractivity contribution < 1.29 is 18.7 Å². The number of benzene rings is 2. The molecule has 3 aromatic rings. The molecule has 0 atom stereocenters. The lowest BCUT2D eigenvalue weighted by Gasteiger charge is -2.07. The summed E-state index contributed by atoms with van der Waals surface area (Å²) in [6.07, 6.45) is 0. The molecule has 134 valence electrons. The Balaban J connectivity index is 1.55. The van der Waals surface area contributed by atoms with Crippen LogP contribution in [0.2, 0.25) is 0 Å². The standard InChI is InChI=1S/C19H17FN2O3S/c1-24-17-8-3-2-7-15(17)19-22-16(12-26-19)18(23)21-9-10-25-14-6-4-5-13(20)11-14/h2-8,11-12H,9-10H2,1H3,(H,21,23). The molecule has 0 unspecified atom stereocenters. The van der Waals surface area contributed by atoms with Gasteiger partial charge in [-0.15, -0.1) is 11.3 Å². The second-order valence-electron chi connectivity index (χ2n) is 5.30. The molecular weight excluding hydrogens is 355 g/mol. The second-order valence-corrected chi connectivity index (χ2v) is 6.16. The number of halogens is 1. The van der Waals surface area contributed by atoms with Gasteiger partial charge in [0.2, 0.25) is 0 Å². The van der Waals surface area contributed by atoms with Crippen LogP contribution in [-0.4, -0.2) is 31.2 Å². The van der Waals surface area contributed by atoms with Gasteiger partial charge in [-0.05, 0) is 24.3 Å². The van der Waals surface area contributed by atoms with E-state index in [4.69, 9.17) is 9.47 Å². The quantitative estimate of drug-likeness (QED) is 0.642. The fourth-order valence-electron chi connectivity index (χ4n) is 2.30. The van der Waals surface area contributed by atoms with Gasteiger partial charge in [-0.25, -0.2) is 9.37 Å². The zero-order chi connectivity index (χ0) is 18.4. The van der Waals surface area contributed by atoms with Crippen LogP contribution in [0.5, 0.6) is 11.5 Å². The van der Waals surface area contributed by atoms with Crippen molar-refractivity contribution in [3.05, 3.63) is 65.4 Å². The van der Waals surface area contributed by atoms with Crippen molar-refractivity contribution in [1.29, 1.82) is 0 Å². The SMILES string of the molecule is COc1ccccc1-c1nc(C(=O)NCCOc2cccc(F)c2)cs1. The molecule has 2 aromatic carbocycles. The van der Waals surface area contributed by atoms with Gasteiger partial charge in [0, 0.05) is 11.4 Å². The number of amides is 1. The van der Waals surface area contributed by atoms with E-state index < -0.39 is 0 Å². The highest BCUT2D eigenvalue weighted by atomic mass is 32.1. The Morgan fingerprint density at radius 2 is 2.08 bits per heavy atom. The van der Waals surface area contributed by atoms with Crippen molar-refractivity contribution >= 4 is 17.2 Å². The summed E-state index contributed by atoms with van der Waals surface area (Å²) in [6.45, 7) is 0.523. The first-order chi connectivity index (χ1) is 12.7. The van der Waals surface area contributed by atoms with Gasteiger partial charge in [0.05, 0.1) is 19.2 Å². The van der Waals surface area contributed by atoms with Crippen molar-refractivity contribution in [2.75, 3.05) is 20.3 Å². The van der Waals surface area contributed by atoms with Crippen molar-refractivity contribution in [2.24, 2.45) is 0 Å². The molecule has 0 saturated carbocycles. The van der Waals surface area contributed by atoms with Crippen molar-refractivity contribution in [2.45, 2.75) is 0 Å². The number of nitrogens with one attached hydrogen (secondary N) is 1. The maximum atomic E-state index is 13.1. The summed E-state index contributed by atoms with van der Waals surface area (Å²) >= 11 is 1.37. The lowest BCUT2D eigenvalue weighted by molar-refractivity contribution is 0.0942. The molecular formula is C19H17FN2O3S. The van der Waals surface area contributed by atoms with Crippen LogP contribution in [0.25, 0.3) is 10.6 Å². The number of hydrogen-bond donors (Lipinski definition) is 1. The van der Waals surface area contributed by atoms with Crippen LogP contribution in [0.3, 0.4) is 0 Å². The van der Waals surface area contributed by atoms with E-state index in [2.05, 4.69) is 10.3 Å². The summed E-state index contributed by atoms with van der Waals surface area (Å²) in [5.41, 5.74) is 1.18. The minimum Gasteiger partial charge on any atom is -0.496 e. The van der Waals surface area contributed by atoms with Crippen molar-refractivity contribution in [3.63, 3.8) is 0 Å². The number of para-hydroxylation sites is 1. The molecule has 1 amide bonds. The van der Waals surface area contributed by atoms with E-state index in [1.807, 2.05) is 24.3 Å². The molecule has 0 aliphatic heterocycles. The van der Waals surface area contributed by atoms with Crippen LogP contribution in [0.15, 0.2) is 53.9 Å². The second kappa shape index (κ2) is 8.44. The molecule has 0 radical (unpaired) electrons. The van der Waals surface area contributed by atoms with Crippen LogP contribution >= 0.6 is 11.3 Å². The van der Waals surface area contributed by atoms with E-state index in [0.29, 0.717) is 22.2 Å². The molecule has 3 rings (SSSR count). The fraction of sp³-hybridized carbons (Fsp3) is 0.158. The highest BCUT2D eigenvalue weighted by Gasteiger charge is 2.14. The Kier molecular flexibility index (Phi) is 5.80. The highest BCUT2D eigenvalue weighted by molar-refractivity contribution is 7.13. The molecule has 0 spiro atoms. The zero-order valence-corrected chi connectivity index (χ0v) is 14.9. The molecule has 5 nitrogen and oxygen atoms in total. The van der Waals surface area contributed by atoms with Gasteiger partial charge in [-0.3, -0.25) is 4.79 Å². The minimum atomic E-state index is -0.363. The van der Waals surface area contributed by atoms with Gasteiger partial charge in [0.15, 0.2) is 0 Å². The molecule has 0 aliphatic carbocycles. The number of rotatable bonds is 7. The van der Waals surface area contributed by atoms with E-state index in [0.717, 1.165) is 5.56 Å². The van der Waals surface area contributed by atoms with Crippen LogP contribution in [-0.2, 0) is 0 Å². The van der Waals surface area contributed by atoms with Gasteiger partial charge < -0.3 is 14.8 Å². The predicted octanol–water partition coefficient (Wildman–Crippen LogP) is 3.77. The summed E-state index contributed by atoms with van der Waals surface area (Å²) in [6, 6.07) is 13.4. The average Bonchev–Trinajstić information content (AvgIpc) is 3.15. The molecule has 0 saturated heterocycles. The Bertz CT molecular complexity index is 898. The number of ether oxygens (including phenoxy) is 2. The molecule has 0 aliphatic rings. The van der Waals surface area contributed by atoms with Gasteiger partial charge in [0.1, 0.15) is 34.6 Å². The van der Waals surface area contributed by atoms with E-state index in [9.17, 15) is 9.18 Å². The van der Waals surface area contributed by atoms with Crippen LogP contribution in [0.4, 0.5) is 4.39 Å². The molecule has 0 fully saturated rings. The fourth-order valence-corrected chi connectivity index (χ4v) is 3.13. The Hall–Kier alpha value is -2.93. The molecule has 26 heavy (non-hydrogen) atoms.